The molecule has 0 saturated heterocycles. The number of aliphatic hydroxyl groups is 1. The Morgan fingerprint density at radius 2 is 1.44 bits per heavy atom. The van der Waals surface area contributed by atoms with Crippen molar-refractivity contribution in [3.63, 3.8) is 0 Å². The third-order valence-corrected chi connectivity index (χ3v) is 5.76. The highest BCUT2D eigenvalue weighted by Gasteiger charge is 2.14. The van der Waals surface area contributed by atoms with E-state index in [2.05, 4.69) is 32.5 Å². The van der Waals surface area contributed by atoms with Crippen molar-refractivity contribution in [3.8, 4) is 0 Å². The van der Waals surface area contributed by atoms with E-state index in [4.69, 9.17) is 23.2 Å². The van der Waals surface area contributed by atoms with Gasteiger partial charge < -0.3 is 15.0 Å². The Morgan fingerprint density at radius 3 is 2.00 bits per heavy atom. The van der Waals surface area contributed by atoms with Crippen molar-refractivity contribution in [1.82, 2.24) is 4.57 Å². The van der Waals surface area contributed by atoms with Gasteiger partial charge in [0.05, 0.1) is 12.6 Å². The SMILES string of the molecule is O[C@@H](CNc1ccc(I)cc1)Cn1c2ccc(Cl)cc2c2cc(Cl)ccc21. The fourth-order valence-electron chi connectivity index (χ4n) is 3.32. The van der Waals surface area contributed by atoms with Gasteiger partial charge in [-0.3, -0.25) is 0 Å². The van der Waals surface area contributed by atoms with Crippen molar-refractivity contribution in [1.29, 1.82) is 0 Å². The lowest BCUT2D eigenvalue weighted by Gasteiger charge is -2.15. The molecule has 0 unspecified atom stereocenters. The number of anilines is 1. The highest BCUT2D eigenvalue weighted by atomic mass is 127. The number of fused-ring (bicyclic) bond motifs is 3. The number of benzene rings is 3. The maximum atomic E-state index is 10.6. The Morgan fingerprint density at radius 1 is 0.889 bits per heavy atom. The summed E-state index contributed by atoms with van der Waals surface area (Å²) in [6, 6.07) is 19.7. The summed E-state index contributed by atoms with van der Waals surface area (Å²) < 4.78 is 3.30. The van der Waals surface area contributed by atoms with Gasteiger partial charge in [0.15, 0.2) is 0 Å². The van der Waals surface area contributed by atoms with Gasteiger partial charge in [-0.05, 0) is 83.3 Å². The van der Waals surface area contributed by atoms with Gasteiger partial charge in [0.25, 0.3) is 0 Å². The van der Waals surface area contributed by atoms with Gasteiger partial charge >= 0.3 is 0 Å². The van der Waals surface area contributed by atoms with Crippen molar-refractivity contribution in [2.24, 2.45) is 0 Å². The quantitative estimate of drug-likeness (QED) is 0.314. The molecule has 2 N–H and O–H groups in total. The Kier molecular flexibility index (Phi) is 5.50. The molecule has 0 aliphatic heterocycles. The Hall–Kier alpha value is -1.47. The highest BCUT2D eigenvalue weighted by Crippen LogP contribution is 2.33. The second-order valence-electron chi connectivity index (χ2n) is 6.48. The van der Waals surface area contributed by atoms with Gasteiger partial charge in [-0.1, -0.05) is 23.2 Å². The average molecular weight is 511 g/mol. The molecule has 138 valence electrons. The topological polar surface area (TPSA) is 37.2 Å². The molecule has 6 heteroatoms. The van der Waals surface area contributed by atoms with Crippen LogP contribution in [0, 0.1) is 3.57 Å². The van der Waals surface area contributed by atoms with Crippen LogP contribution in [0.3, 0.4) is 0 Å². The van der Waals surface area contributed by atoms with E-state index in [1.165, 1.54) is 3.57 Å². The van der Waals surface area contributed by atoms with Crippen LogP contribution in [0.5, 0.6) is 0 Å². The molecular weight excluding hydrogens is 494 g/mol. The van der Waals surface area contributed by atoms with E-state index in [-0.39, 0.29) is 0 Å². The maximum Gasteiger partial charge on any atom is 0.0891 e. The molecule has 0 amide bonds. The number of aromatic nitrogens is 1. The molecule has 27 heavy (non-hydrogen) atoms. The molecule has 4 rings (SSSR count). The number of rotatable bonds is 5. The molecule has 1 aromatic heterocycles. The molecule has 1 atom stereocenters. The second-order valence-corrected chi connectivity index (χ2v) is 8.59. The summed E-state index contributed by atoms with van der Waals surface area (Å²) in [4.78, 5) is 0. The summed E-state index contributed by atoms with van der Waals surface area (Å²) in [5.41, 5.74) is 3.06. The molecule has 0 bridgehead atoms. The average Bonchev–Trinajstić information content (AvgIpc) is 2.94. The minimum absolute atomic E-state index is 0.461. The van der Waals surface area contributed by atoms with E-state index < -0.39 is 6.10 Å². The molecule has 4 aromatic rings. The standard InChI is InChI=1S/C21H17Cl2IN2O/c22-13-1-7-20-18(9-13)19-10-14(23)2-8-21(19)26(20)12-17(27)11-25-16-5-3-15(24)4-6-16/h1-10,17,25,27H,11-12H2/t17-/m0/s1. The lowest BCUT2D eigenvalue weighted by atomic mass is 10.1. The Bertz CT molecular complexity index is 1050. The van der Waals surface area contributed by atoms with Crippen molar-refractivity contribution in [3.05, 3.63) is 74.3 Å². The maximum absolute atomic E-state index is 10.6. The lowest BCUT2D eigenvalue weighted by Crippen LogP contribution is -2.24. The van der Waals surface area contributed by atoms with Crippen LogP contribution in [0.4, 0.5) is 5.69 Å². The van der Waals surface area contributed by atoms with Gasteiger partial charge in [-0.2, -0.15) is 0 Å². The Balaban J connectivity index is 1.63. The van der Waals surface area contributed by atoms with Crippen LogP contribution in [0.1, 0.15) is 0 Å². The van der Waals surface area contributed by atoms with E-state index in [1.54, 1.807) is 0 Å². The summed E-state index contributed by atoms with van der Waals surface area (Å²) in [6.07, 6.45) is -0.547. The van der Waals surface area contributed by atoms with Crippen LogP contribution in [0.25, 0.3) is 21.8 Å². The third-order valence-electron chi connectivity index (χ3n) is 4.57. The number of nitrogens with one attached hydrogen (secondary N) is 1. The van der Waals surface area contributed by atoms with E-state index in [0.29, 0.717) is 23.1 Å². The van der Waals surface area contributed by atoms with Crippen molar-refractivity contribution in [2.45, 2.75) is 12.6 Å². The van der Waals surface area contributed by atoms with Crippen LogP contribution >= 0.6 is 45.8 Å². The number of hydrogen-bond donors (Lipinski definition) is 2. The zero-order chi connectivity index (χ0) is 19.0. The fraction of sp³-hybridized carbons (Fsp3) is 0.143. The fourth-order valence-corrected chi connectivity index (χ4v) is 4.03. The van der Waals surface area contributed by atoms with Crippen LogP contribution in [0.2, 0.25) is 10.0 Å². The number of nitrogens with zero attached hydrogens (tertiary/aromatic N) is 1. The summed E-state index contributed by atoms with van der Waals surface area (Å²) >= 11 is 14.7. The first-order valence-electron chi connectivity index (χ1n) is 8.56. The van der Waals surface area contributed by atoms with Crippen LogP contribution in [-0.4, -0.2) is 22.3 Å². The van der Waals surface area contributed by atoms with E-state index >= 15 is 0 Å². The predicted molar refractivity (Wildman–Crippen MR) is 123 cm³/mol. The molecule has 0 aliphatic carbocycles. The van der Waals surface area contributed by atoms with Crippen LogP contribution in [-0.2, 0) is 6.54 Å². The van der Waals surface area contributed by atoms with Crippen molar-refractivity contribution >= 4 is 73.3 Å². The number of aliphatic hydroxyl groups excluding tert-OH is 1. The number of hydrogen-bond acceptors (Lipinski definition) is 2. The highest BCUT2D eigenvalue weighted by molar-refractivity contribution is 14.1. The summed E-state index contributed by atoms with van der Waals surface area (Å²) in [5, 5.41) is 17.4. The van der Waals surface area contributed by atoms with Gasteiger partial charge in [-0.15, -0.1) is 0 Å². The first-order chi connectivity index (χ1) is 13.0. The van der Waals surface area contributed by atoms with Crippen molar-refractivity contribution < 1.29 is 5.11 Å². The lowest BCUT2D eigenvalue weighted by molar-refractivity contribution is 0.169. The molecule has 1 heterocycles. The monoisotopic (exact) mass is 510 g/mol. The molecule has 0 saturated carbocycles. The van der Waals surface area contributed by atoms with E-state index in [0.717, 1.165) is 27.5 Å². The molecule has 3 aromatic carbocycles. The molecule has 3 nitrogen and oxygen atoms in total. The zero-order valence-electron chi connectivity index (χ0n) is 14.3. The van der Waals surface area contributed by atoms with E-state index in [1.807, 2.05) is 60.7 Å². The predicted octanol–water partition coefficient (Wildman–Crippen LogP) is 6.18. The molecule has 0 aliphatic rings. The van der Waals surface area contributed by atoms with E-state index in [9.17, 15) is 5.11 Å². The molecular formula is C21H17Cl2IN2O. The molecule has 0 spiro atoms. The summed E-state index contributed by atoms with van der Waals surface area (Å²) in [6.45, 7) is 0.934. The summed E-state index contributed by atoms with van der Waals surface area (Å²) in [7, 11) is 0. The van der Waals surface area contributed by atoms with Crippen LogP contribution in [0.15, 0.2) is 60.7 Å². The largest absolute Gasteiger partial charge is 0.389 e. The third kappa shape index (κ3) is 4.04. The summed E-state index contributed by atoms with van der Waals surface area (Å²) in [5.74, 6) is 0. The smallest absolute Gasteiger partial charge is 0.0891 e. The van der Waals surface area contributed by atoms with Gasteiger partial charge in [0, 0.05) is 47.7 Å². The first kappa shape index (κ1) is 18.9. The minimum Gasteiger partial charge on any atom is -0.389 e. The first-order valence-corrected chi connectivity index (χ1v) is 10.4. The van der Waals surface area contributed by atoms with Gasteiger partial charge in [-0.25, -0.2) is 0 Å². The van der Waals surface area contributed by atoms with Crippen LogP contribution < -0.4 is 5.32 Å². The Labute approximate surface area is 181 Å². The molecule has 0 radical (unpaired) electrons. The molecule has 0 fully saturated rings. The van der Waals surface area contributed by atoms with Gasteiger partial charge in [0.2, 0.25) is 0 Å². The van der Waals surface area contributed by atoms with Gasteiger partial charge in [0.1, 0.15) is 0 Å². The zero-order valence-corrected chi connectivity index (χ0v) is 18.0. The minimum atomic E-state index is -0.547. The van der Waals surface area contributed by atoms with Crippen molar-refractivity contribution in [2.75, 3.05) is 11.9 Å². The second kappa shape index (κ2) is 7.87. The number of halogens is 3. The normalized spacial score (nSPS) is 12.6.